The molecule has 1 amide bonds. The smallest absolute Gasteiger partial charge is 0.419 e. The molecule has 11 heavy (non-hydrogen) atoms. The second-order valence-corrected chi connectivity index (χ2v) is 3.38. The molecule has 5 nitrogen and oxygen atoms in total. The zero-order valence-electron chi connectivity index (χ0n) is 5.61. The van der Waals surface area contributed by atoms with Crippen LogP contribution in [0.3, 0.4) is 0 Å². The normalized spacial score (nSPS) is 27.0. The van der Waals surface area contributed by atoms with Gasteiger partial charge in [0.1, 0.15) is 6.10 Å². The van der Waals surface area contributed by atoms with Crippen LogP contribution in [0.2, 0.25) is 0 Å². The Morgan fingerprint density at radius 3 is 2.91 bits per heavy atom. The average molecular weight is 273 g/mol. The largest absolute Gasteiger partial charge is 0.441 e. The van der Waals surface area contributed by atoms with E-state index in [0.29, 0.717) is 6.54 Å². The second-order valence-electron chi connectivity index (χ2n) is 2.22. The summed E-state index contributed by atoms with van der Waals surface area (Å²) in [4.78, 5) is 10.7. The summed E-state index contributed by atoms with van der Waals surface area (Å²) in [5.74, 6) is 0. The predicted octanol–water partition coefficient (Wildman–Crippen LogP) is -0.490. The second kappa shape index (κ2) is 3.55. The number of amides is 1. The van der Waals surface area contributed by atoms with E-state index in [9.17, 15) is 4.79 Å². The third-order valence-corrected chi connectivity index (χ3v) is 2.19. The highest BCUT2D eigenvalue weighted by atomic mass is 127. The first-order chi connectivity index (χ1) is 5.15. The number of aliphatic hydroxyl groups is 2. The Balaban J connectivity index is 2.46. The lowest BCUT2D eigenvalue weighted by Crippen LogP contribution is -2.31. The number of hydrogen-bond donors (Lipinski definition) is 2. The maximum Gasteiger partial charge on any atom is 0.419 e. The minimum Gasteiger partial charge on any atom is -0.441 e. The SMILES string of the molecule is O=C1O[C@H](C(O)CO)CN1I. The van der Waals surface area contributed by atoms with E-state index in [0.717, 1.165) is 0 Å². The molecule has 1 heterocycles. The van der Waals surface area contributed by atoms with Crippen molar-refractivity contribution in [3.05, 3.63) is 0 Å². The van der Waals surface area contributed by atoms with Gasteiger partial charge < -0.3 is 14.9 Å². The quantitative estimate of drug-likeness (QED) is 0.526. The van der Waals surface area contributed by atoms with E-state index in [-0.39, 0.29) is 6.61 Å². The van der Waals surface area contributed by atoms with Crippen molar-refractivity contribution in [3.8, 4) is 0 Å². The molecule has 1 fully saturated rings. The third-order valence-electron chi connectivity index (χ3n) is 1.41. The molecule has 1 aliphatic heterocycles. The summed E-state index contributed by atoms with van der Waals surface area (Å²) in [5.41, 5.74) is 0. The van der Waals surface area contributed by atoms with Gasteiger partial charge in [-0.2, -0.15) is 0 Å². The number of rotatable bonds is 2. The lowest BCUT2D eigenvalue weighted by atomic mass is 10.2. The van der Waals surface area contributed by atoms with E-state index < -0.39 is 18.3 Å². The third kappa shape index (κ3) is 1.94. The van der Waals surface area contributed by atoms with Gasteiger partial charge in [-0.1, -0.05) is 0 Å². The van der Waals surface area contributed by atoms with E-state index in [1.807, 2.05) is 0 Å². The van der Waals surface area contributed by atoms with Gasteiger partial charge in [0.25, 0.3) is 0 Å². The van der Waals surface area contributed by atoms with E-state index in [4.69, 9.17) is 14.9 Å². The van der Waals surface area contributed by atoms with Gasteiger partial charge in [-0.25, -0.2) is 7.91 Å². The van der Waals surface area contributed by atoms with E-state index in [1.54, 1.807) is 22.9 Å². The van der Waals surface area contributed by atoms with Crippen LogP contribution in [0.15, 0.2) is 0 Å². The molecular formula is C5H8INO4. The molecule has 0 aromatic carbocycles. The molecule has 0 saturated carbocycles. The summed E-state index contributed by atoms with van der Waals surface area (Å²) in [7, 11) is 0. The monoisotopic (exact) mass is 273 g/mol. The molecule has 2 N–H and O–H groups in total. The fourth-order valence-corrected chi connectivity index (χ4v) is 1.28. The van der Waals surface area contributed by atoms with Crippen LogP contribution in [0.1, 0.15) is 0 Å². The summed E-state index contributed by atoms with van der Waals surface area (Å²) in [6.45, 7) is -0.0659. The van der Waals surface area contributed by atoms with Crippen LogP contribution in [0.25, 0.3) is 0 Å². The molecule has 0 aromatic heterocycles. The first-order valence-corrected chi connectivity index (χ1v) is 4.04. The molecule has 0 aromatic rings. The van der Waals surface area contributed by atoms with Gasteiger partial charge in [0.05, 0.1) is 36.0 Å². The molecule has 1 saturated heterocycles. The van der Waals surface area contributed by atoms with Crippen LogP contribution in [-0.4, -0.2) is 44.8 Å². The first-order valence-electron chi connectivity index (χ1n) is 3.08. The maximum atomic E-state index is 10.7. The number of carbonyl (C=O) groups excluding carboxylic acids is 1. The van der Waals surface area contributed by atoms with Gasteiger partial charge in [-0.05, 0) is 0 Å². The number of hydrogen-bond acceptors (Lipinski definition) is 4. The van der Waals surface area contributed by atoms with Gasteiger partial charge in [0.2, 0.25) is 0 Å². The van der Waals surface area contributed by atoms with Crippen molar-refractivity contribution < 1.29 is 19.7 Å². The van der Waals surface area contributed by atoms with Crippen molar-refractivity contribution in [1.82, 2.24) is 3.11 Å². The van der Waals surface area contributed by atoms with Crippen molar-refractivity contribution >= 4 is 29.0 Å². The van der Waals surface area contributed by atoms with Gasteiger partial charge in [0.15, 0.2) is 6.10 Å². The average Bonchev–Trinajstić information content (AvgIpc) is 2.31. The Morgan fingerprint density at radius 2 is 2.55 bits per heavy atom. The topological polar surface area (TPSA) is 70.0 Å². The van der Waals surface area contributed by atoms with Crippen molar-refractivity contribution in [2.24, 2.45) is 0 Å². The molecule has 1 unspecified atom stereocenters. The number of halogens is 1. The number of ether oxygens (including phenoxy) is 1. The van der Waals surface area contributed by atoms with Crippen molar-refractivity contribution in [2.75, 3.05) is 13.2 Å². The summed E-state index contributed by atoms with van der Waals surface area (Å²) in [6, 6.07) is 0. The molecule has 1 rings (SSSR count). The lowest BCUT2D eigenvalue weighted by molar-refractivity contribution is -0.000721. The standard InChI is InChI=1S/C5H8INO4/c6-7-1-4(3(9)2-8)11-5(7)10/h3-4,8-9H,1-2H2/t3?,4-/m0/s1. The van der Waals surface area contributed by atoms with E-state index in [1.165, 1.54) is 3.11 Å². The highest BCUT2D eigenvalue weighted by Gasteiger charge is 2.34. The predicted molar refractivity (Wildman–Crippen MR) is 44.1 cm³/mol. The Hall–Kier alpha value is -0.0800. The van der Waals surface area contributed by atoms with Crippen LogP contribution in [-0.2, 0) is 4.74 Å². The zero-order valence-corrected chi connectivity index (χ0v) is 7.76. The molecule has 6 heteroatoms. The van der Waals surface area contributed by atoms with E-state index in [2.05, 4.69) is 0 Å². The lowest BCUT2D eigenvalue weighted by Gasteiger charge is -2.11. The van der Waals surface area contributed by atoms with Crippen LogP contribution in [0.4, 0.5) is 4.79 Å². The van der Waals surface area contributed by atoms with Crippen molar-refractivity contribution in [3.63, 3.8) is 0 Å². The number of cyclic esters (lactones) is 1. The van der Waals surface area contributed by atoms with Crippen molar-refractivity contribution in [2.45, 2.75) is 12.2 Å². The summed E-state index contributed by atoms with van der Waals surface area (Å²) >= 11 is 1.79. The summed E-state index contributed by atoms with van der Waals surface area (Å²) < 4.78 is 6.02. The molecule has 0 spiro atoms. The number of aliphatic hydroxyl groups excluding tert-OH is 2. The van der Waals surface area contributed by atoms with Gasteiger partial charge >= 0.3 is 6.09 Å². The summed E-state index contributed by atoms with van der Waals surface area (Å²) in [5, 5.41) is 17.5. The summed E-state index contributed by atoms with van der Waals surface area (Å²) in [6.07, 6.45) is -2.04. The fourth-order valence-electron chi connectivity index (χ4n) is 0.774. The minimum atomic E-state index is -0.973. The van der Waals surface area contributed by atoms with Crippen molar-refractivity contribution in [1.29, 1.82) is 0 Å². The number of nitrogens with zero attached hydrogens (tertiary/aromatic N) is 1. The maximum absolute atomic E-state index is 10.7. The van der Waals surface area contributed by atoms with E-state index >= 15 is 0 Å². The fraction of sp³-hybridized carbons (Fsp3) is 0.800. The van der Waals surface area contributed by atoms with Gasteiger partial charge in [-0.3, -0.25) is 0 Å². The molecule has 0 aliphatic carbocycles. The molecule has 1 aliphatic rings. The number of carbonyl (C=O) groups is 1. The molecule has 2 atom stereocenters. The molecule has 64 valence electrons. The zero-order chi connectivity index (χ0) is 8.43. The molecule has 0 bridgehead atoms. The Labute approximate surface area is 77.4 Å². The Kier molecular flexibility index (Phi) is 2.90. The highest BCUT2D eigenvalue weighted by molar-refractivity contribution is 14.1. The van der Waals surface area contributed by atoms with Crippen LogP contribution >= 0.6 is 22.9 Å². The molecular weight excluding hydrogens is 265 g/mol. The Morgan fingerprint density at radius 1 is 1.91 bits per heavy atom. The highest BCUT2D eigenvalue weighted by Crippen LogP contribution is 2.17. The van der Waals surface area contributed by atoms with Crippen LogP contribution < -0.4 is 0 Å². The van der Waals surface area contributed by atoms with Gasteiger partial charge in [-0.15, -0.1) is 0 Å². The Bertz CT molecular complexity index is 165. The first kappa shape index (κ1) is 9.01. The van der Waals surface area contributed by atoms with Crippen LogP contribution in [0, 0.1) is 0 Å². The minimum absolute atomic E-state index is 0.321. The van der Waals surface area contributed by atoms with Gasteiger partial charge in [0, 0.05) is 0 Å². The molecule has 0 radical (unpaired) electrons. The van der Waals surface area contributed by atoms with Crippen LogP contribution in [0.5, 0.6) is 0 Å².